The maximum atomic E-state index is 12.1. The Labute approximate surface area is 216 Å². The van der Waals surface area contributed by atoms with Crippen molar-refractivity contribution < 1.29 is 9.53 Å². The van der Waals surface area contributed by atoms with Crippen molar-refractivity contribution in [1.82, 2.24) is 19.9 Å². The van der Waals surface area contributed by atoms with Crippen LogP contribution in [0.3, 0.4) is 0 Å². The van der Waals surface area contributed by atoms with Crippen molar-refractivity contribution in [2.24, 2.45) is 10.9 Å². The van der Waals surface area contributed by atoms with Gasteiger partial charge in [-0.3, -0.25) is 14.7 Å². The number of carbonyl (C=O) groups is 1. The molecule has 1 saturated heterocycles. The third kappa shape index (κ3) is 6.68. The largest absolute Gasteiger partial charge is 0.383 e. The molecule has 0 amide bonds. The Kier molecular flexibility index (Phi) is 7.93. The zero-order chi connectivity index (χ0) is 24.9. The molecule has 9 nitrogen and oxygen atoms in total. The van der Waals surface area contributed by atoms with Crippen molar-refractivity contribution in [3.63, 3.8) is 0 Å². The predicted octanol–water partition coefficient (Wildman–Crippen LogP) is 3.08. The number of ether oxygens (including phenoxy) is 1. The Morgan fingerprint density at radius 3 is 2.56 bits per heavy atom. The summed E-state index contributed by atoms with van der Waals surface area (Å²) in [5, 5.41) is 3.90. The van der Waals surface area contributed by atoms with Crippen molar-refractivity contribution in [2.75, 3.05) is 63.2 Å². The van der Waals surface area contributed by atoms with E-state index in [1.165, 1.54) is 17.3 Å². The number of benzene rings is 1. The van der Waals surface area contributed by atoms with Crippen LogP contribution in [0, 0.1) is 5.92 Å². The van der Waals surface area contributed by atoms with Gasteiger partial charge in [-0.05, 0) is 60.9 Å². The fourth-order valence-electron chi connectivity index (χ4n) is 4.24. The highest BCUT2D eigenvalue weighted by molar-refractivity contribution is 7.99. The number of piperazine rings is 1. The van der Waals surface area contributed by atoms with Gasteiger partial charge in [-0.2, -0.15) is 15.0 Å². The smallest absolute Gasteiger partial charge is 0.234 e. The molecule has 3 aliphatic rings. The molecule has 1 N–H and O–H groups in total. The van der Waals surface area contributed by atoms with E-state index in [1.807, 2.05) is 30.3 Å². The molecule has 1 aromatic heterocycles. The molecule has 0 unspecified atom stereocenters. The number of aliphatic imine (C=N–C) groups is 1. The zero-order valence-electron chi connectivity index (χ0n) is 20.9. The quantitative estimate of drug-likeness (QED) is 0.520. The summed E-state index contributed by atoms with van der Waals surface area (Å²) in [5.74, 6) is 2.59. The van der Waals surface area contributed by atoms with E-state index in [1.54, 1.807) is 7.11 Å². The van der Waals surface area contributed by atoms with Crippen molar-refractivity contribution >= 4 is 35.3 Å². The first kappa shape index (κ1) is 24.9. The maximum Gasteiger partial charge on any atom is 0.234 e. The highest BCUT2D eigenvalue weighted by Gasteiger charge is 2.29. The van der Waals surface area contributed by atoms with Gasteiger partial charge in [0.25, 0.3) is 0 Å². The minimum Gasteiger partial charge on any atom is -0.383 e. The van der Waals surface area contributed by atoms with Crippen LogP contribution in [0.5, 0.6) is 0 Å². The van der Waals surface area contributed by atoms with Gasteiger partial charge in [0, 0.05) is 57.1 Å². The van der Waals surface area contributed by atoms with Gasteiger partial charge in [0.15, 0.2) is 5.16 Å². The molecule has 1 aromatic carbocycles. The van der Waals surface area contributed by atoms with Crippen LogP contribution in [-0.4, -0.2) is 84.5 Å². The van der Waals surface area contributed by atoms with Crippen LogP contribution in [0.2, 0.25) is 0 Å². The molecular weight excluding hydrogens is 474 g/mol. The zero-order valence-corrected chi connectivity index (χ0v) is 21.8. The first-order valence-electron chi connectivity index (χ1n) is 12.6. The molecule has 190 valence electrons. The highest BCUT2D eigenvalue weighted by Crippen LogP contribution is 2.32. The van der Waals surface area contributed by atoms with Crippen LogP contribution in [0.4, 0.5) is 11.9 Å². The molecule has 2 aliphatic heterocycles. The molecule has 2 aromatic rings. The number of methoxy groups -OCH3 is 1. The number of nitrogens with one attached hydrogen (secondary N) is 1. The van der Waals surface area contributed by atoms with Crippen LogP contribution < -0.4 is 10.2 Å². The molecule has 0 radical (unpaired) electrons. The number of ketones is 1. The number of hydrogen-bond donors (Lipinski definition) is 1. The second kappa shape index (κ2) is 11.5. The fraction of sp³-hybridized carbons (Fsp3) is 0.500. The standard InChI is InChI=1S/C26H33N7O2S/c1-18-15-23(27-17-18)28-24-29-25(33-11-9-32(10-12-33)13-14-35-2)31-26(30-24)36-21-7-3-19(4-8-21)16-22(34)20-5-6-20/h3-4,7-8,15,20H,5-6,9-14,16-17H2,1-2H3,(H,27,28,29,30,31). The lowest BCUT2D eigenvalue weighted by Crippen LogP contribution is -2.48. The van der Waals surface area contributed by atoms with E-state index in [0.717, 1.165) is 68.5 Å². The molecule has 10 heteroatoms. The number of hydrogen-bond acceptors (Lipinski definition) is 10. The Bertz CT molecular complexity index is 1140. The van der Waals surface area contributed by atoms with Crippen molar-refractivity contribution in [3.05, 3.63) is 41.5 Å². The number of aromatic nitrogens is 3. The molecule has 36 heavy (non-hydrogen) atoms. The van der Waals surface area contributed by atoms with E-state index in [9.17, 15) is 4.79 Å². The first-order chi connectivity index (χ1) is 17.6. The third-order valence-electron chi connectivity index (χ3n) is 6.54. The van der Waals surface area contributed by atoms with Crippen LogP contribution >= 0.6 is 11.8 Å². The van der Waals surface area contributed by atoms with Crippen molar-refractivity contribution in [1.29, 1.82) is 0 Å². The molecule has 2 fully saturated rings. The lowest BCUT2D eigenvalue weighted by molar-refractivity contribution is -0.119. The van der Waals surface area contributed by atoms with E-state index >= 15 is 0 Å². The molecular formula is C26H33N7O2S. The monoisotopic (exact) mass is 507 g/mol. The van der Waals surface area contributed by atoms with Gasteiger partial charge in [0.05, 0.1) is 13.2 Å². The number of amidine groups is 1. The van der Waals surface area contributed by atoms with Crippen LogP contribution in [-0.2, 0) is 16.0 Å². The number of Topliss-reactive ketones (excluding diaryl/α,β-unsaturated/α-hetero) is 1. The van der Waals surface area contributed by atoms with Gasteiger partial charge in [0.2, 0.25) is 11.9 Å². The van der Waals surface area contributed by atoms with Gasteiger partial charge in [-0.1, -0.05) is 12.1 Å². The average molecular weight is 508 g/mol. The van der Waals surface area contributed by atoms with E-state index < -0.39 is 0 Å². The normalized spacial score (nSPS) is 18.2. The van der Waals surface area contributed by atoms with Gasteiger partial charge in [-0.15, -0.1) is 0 Å². The molecule has 1 saturated carbocycles. The average Bonchev–Trinajstić information content (AvgIpc) is 3.66. The minimum atomic E-state index is 0.290. The lowest BCUT2D eigenvalue weighted by atomic mass is 10.1. The van der Waals surface area contributed by atoms with E-state index in [0.29, 0.717) is 41.7 Å². The Morgan fingerprint density at radius 1 is 1.11 bits per heavy atom. The summed E-state index contributed by atoms with van der Waals surface area (Å²) in [7, 11) is 1.74. The molecule has 0 atom stereocenters. The van der Waals surface area contributed by atoms with Gasteiger partial charge >= 0.3 is 0 Å². The summed E-state index contributed by atoms with van der Waals surface area (Å²) < 4.78 is 5.22. The summed E-state index contributed by atoms with van der Waals surface area (Å²) in [4.78, 5) is 36.5. The Balaban J connectivity index is 1.30. The van der Waals surface area contributed by atoms with Crippen molar-refractivity contribution in [3.8, 4) is 0 Å². The van der Waals surface area contributed by atoms with Gasteiger partial charge < -0.3 is 15.0 Å². The topological polar surface area (TPSA) is 95.8 Å². The van der Waals surface area contributed by atoms with E-state index in [4.69, 9.17) is 14.7 Å². The van der Waals surface area contributed by atoms with Crippen LogP contribution in [0.1, 0.15) is 25.3 Å². The third-order valence-corrected chi connectivity index (χ3v) is 7.41. The minimum absolute atomic E-state index is 0.290. The number of anilines is 2. The summed E-state index contributed by atoms with van der Waals surface area (Å²) in [6, 6.07) is 8.14. The maximum absolute atomic E-state index is 12.1. The summed E-state index contributed by atoms with van der Waals surface area (Å²) >= 11 is 1.50. The van der Waals surface area contributed by atoms with Gasteiger partial charge in [0.1, 0.15) is 11.6 Å². The summed E-state index contributed by atoms with van der Waals surface area (Å²) in [5.41, 5.74) is 2.26. The predicted molar refractivity (Wildman–Crippen MR) is 142 cm³/mol. The molecule has 3 heterocycles. The van der Waals surface area contributed by atoms with Crippen LogP contribution in [0.25, 0.3) is 0 Å². The van der Waals surface area contributed by atoms with Gasteiger partial charge in [-0.25, -0.2) is 0 Å². The molecule has 0 bridgehead atoms. The van der Waals surface area contributed by atoms with Crippen molar-refractivity contribution in [2.45, 2.75) is 36.2 Å². The second-order valence-corrected chi connectivity index (χ2v) is 10.6. The van der Waals surface area contributed by atoms with E-state index in [2.05, 4.69) is 32.0 Å². The fourth-order valence-corrected chi connectivity index (χ4v) is 4.98. The first-order valence-corrected chi connectivity index (χ1v) is 13.4. The number of nitrogens with zero attached hydrogens (tertiary/aromatic N) is 6. The SMILES string of the molecule is COCCN1CCN(c2nc(NC3=NCC(C)=C3)nc(Sc3ccc(CC(=O)C4CC4)cc3)n2)CC1. The molecule has 0 spiro atoms. The lowest BCUT2D eigenvalue weighted by Gasteiger charge is -2.34. The number of rotatable bonds is 10. The summed E-state index contributed by atoms with van der Waals surface area (Å²) in [6.45, 7) is 8.00. The Hall–Kier alpha value is -2.82. The second-order valence-electron chi connectivity index (χ2n) is 9.54. The molecule has 1 aliphatic carbocycles. The van der Waals surface area contributed by atoms with E-state index in [-0.39, 0.29) is 0 Å². The number of carbonyl (C=O) groups excluding carboxylic acids is 1. The highest BCUT2D eigenvalue weighted by atomic mass is 32.2. The Morgan fingerprint density at radius 2 is 1.89 bits per heavy atom. The van der Waals surface area contributed by atoms with Crippen LogP contribution in [0.15, 0.2) is 51.0 Å². The summed E-state index contributed by atoms with van der Waals surface area (Å²) in [6.07, 6.45) is 4.64. The molecule has 5 rings (SSSR count).